The van der Waals surface area contributed by atoms with Crippen LogP contribution in [0.25, 0.3) is 0 Å². The largest absolute Gasteiger partial charge is 0.411 e. The first-order chi connectivity index (χ1) is 7.95. The molecule has 8 heteroatoms. The summed E-state index contributed by atoms with van der Waals surface area (Å²) in [6, 6.07) is -0.893. The molecule has 0 spiro atoms. The van der Waals surface area contributed by atoms with Gasteiger partial charge in [-0.05, 0) is 12.8 Å². The van der Waals surface area contributed by atoms with E-state index in [1.54, 1.807) is 12.6 Å². The van der Waals surface area contributed by atoms with Crippen molar-refractivity contribution >= 4 is 53.5 Å². The monoisotopic (exact) mass is 301 g/mol. The summed E-state index contributed by atoms with van der Waals surface area (Å²) >= 11 is 16.3. The maximum atomic E-state index is 11.2. The Morgan fingerprint density at radius 3 is 2.53 bits per heavy atom. The van der Waals surface area contributed by atoms with Crippen molar-refractivity contribution in [3.63, 3.8) is 0 Å². The summed E-state index contributed by atoms with van der Waals surface area (Å²) in [5.74, 6) is -0.320. The van der Waals surface area contributed by atoms with Gasteiger partial charge in [-0.15, -0.1) is 11.6 Å². The zero-order chi connectivity index (χ0) is 13.3. The Balaban J connectivity index is 4.06. The molecule has 0 rings (SSSR count). The van der Waals surface area contributed by atoms with E-state index in [4.69, 9.17) is 34.8 Å². The molecule has 0 aromatic rings. The van der Waals surface area contributed by atoms with Crippen LogP contribution < -0.4 is 5.32 Å². The first-order valence-corrected chi connectivity index (χ1v) is 5.90. The number of nitrogens with one attached hydrogen (secondary N) is 1. The lowest BCUT2D eigenvalue weighted by Crippen LogP contribution is -2.39. The molecule has 2 radical (unpaired) electrons. The van der Waals surface area contributed by atoms with Gasteiger partial charge in [0.15, 0.2) is 6.29 Å². The predicted octanol–water partition coefficient (Wildman–Crippen LogP) is 1.84. The maximum absolute atomic E-state index is 11.2. The maximum Gasteiger partial charge on any atom is 0.410 e. The summed E-state index contributed by atoms with van der Waals surface area (Å²) in [5.41, 5.74) is 0. The van der Waals surface area contributed by atoms with E-state index in [-0.39, 0.29) is 18.7 Å². The van der Waals surface area contributed by atoms with Gasteiger partial charge in [0.1, 0.15) is 0 Å². The third-order valence-corrected chi connectivity index (χ3v) is 2.68. The number of ether oxygens (including phenoxy) is 1. The third kappa shape index (κ3) is 8.24. The molecule has 1 unspecified atom stereocenters. The van der Waals surface area contributed by atoms with Crippen molar-refractivity contribution in [1.29, 1.82) is 0 Å². The van der Waals surface area contributed by atoms with E-state index in [0.29, 0.717) is 6.42 Å². The first kappa shape index (κ1) is 16.5. The molecule has 0 saturated carbocycles. The highest BCUT2D eigenvalue weighted by atomic mass is 35.5. The number of alkyl halides is 3. The van der Waals surface area contributed by atoms with E-state index in [2.05, 4.69) is 10.1 Å². The lowest BCUT2D eigenvalue weighted by atomic mass is 10.1. The molecular weight excluding hydrogens is 292 g/mol. The molecule has 0 bridgehead atoms. The fourth-order valence-corrected chi connectivity index (χ4v) is 1.07. The van der Waals surface area contributed by atoms with Gasteiger partial charge in [-0.25, -0.2) is 4.79 Å². The molecule has 17 heavy (non-hydrogen) atoms. The third-order valence-electron chi connectivity index (χ3n) is 1.60. The van der Waals surface area contributed by atoms with Gasteiger partial charge in [-0.2, -0.15) is 0 Å². The summed E-state index contributed by atoms with van der Waals surface area (Å²) < 4.78 is 2.67. The minimum atomic E-state index is -1.85. The topological polar surface area (TPSA) is 72.5 Å². The van der Waals surface area contributed by atoms with Crippen LogP contribution >= 0.6 is 34.8 Å². The van der Waals surface area contributed by atoms with Crippen molar-refractivity contribution in [2.45, 2.75) is 29.8 Å². The van der Waals surface area contributed by atoms with Crippen LogP contribution in [-0.4, -0.2) is 35.1 Å². The molecule has 1 N–H and O–H groups in total. The van der Waals surface area contributed by atoms with Crippen molar-refractivity contribution in [2.75, 3.05) is 5.88 Å². The van der Waals surface area contributed by atoms with Gasteiger partial charge in [-0.1, -0.05) is 23.2 Å². The molecule has 1 amide bonds. The standard InChI is InChI=1S/C9H10Cl3NO4/c10-6-9(11,12)17-8(16)13-7(5-15)3-1-2-4-14/h7H,1-3,6H2,(H,13,16). The van der Waals surface area contributed by atoms with Crippen LogP contribution in [0.4, 0.5) is 4.79 Å². The van der Waals surface area contributed by atoms with Gasteiger partial charge >= 0.3 is 6.09 Å². The Kier molecular flexibility index (Phi) is 8.29. The molecule has 0 aromatic carbocycles. The van der Waals surface area contributed by atoms with E-state index in [1.165, 1.54) is 0 Å². The molecule has 0 aliphatic rings. The quantitative estimate of drug-likeness (QED) is 0.548. The van der Waals surface area contributed by atoms with E-state index >= 15 is 0 Å². The van der Waals surface area contributed by atoms with Gasteiger partial charge < -0.3 is 10.1 Å². The number of carbonyl (C=O) groups excluding carboxylic acids is 3. The Morgan fingerprint density at radius 1 is 1.41 bits per heavy atom. The fourth-order valence-electron chi connectivity index (χ4n) is 0.874. The molecule has 96 valence electrons. The van der Waals surface area contributed by atoms with Gasteiger partial charge in [0.2, 0.25) is 6.29 Å². The summed E-state index contributed by atoms with van der Waals surface area (Å²) in [4.78, 5) is 31.6. The number of hydrogen-bond acceptors (Lipinski definition) is 4. The lowest BCUT2D eigenvalue weighted by Gasteiger charge is -2.18. The highest BCUT2D eigenvalue weighted by Gasteiger charge is 2.28. The van der Waals surface area contributed by atoms with Crippen molar-refractivity contribution in [3.05, 3.63) is 0 Å². The lowest BCUT2D eigenvalue weighted by molar-refractivity contribution is 0.122. The average Bonchev–Trinajstić information content (AvgIpc) is 2.27. The number of unbranched alkanes of at least 4 members (excludes halogenated alkanes) is 1. The molecule has 0 fully saturated rings. The zero-order valence-corrected chi connectivity index (χ0v) is 10.9. The van der Waals surface area contributed by atoms with Gasteiger partial charge in [0.05, 0.1) is 11.9 Å². The Morgan fingerprint density at radius 2 is 2.06 bits per heavy atom. The van der Waals surface area contributed by atoms with Gasteiger partial charge in [0, 0.05) is 6.42 Å². The summed E-state index contributed by atoms with van der Waals surface area (Å²) in [6.07, 6.45) is 3.07. The van der Waals surface area contributed by atoms with Crippen molar-refractivity contribution < 1.29 is 19.1 Å². The minimum Gasteiger partial charge on any atom is -0.411 e. The fraction of sp³-hybridized carbons (Fsp3) is 0.667. The second kappa shape index (κ2) is 8.55. The molecule has 0 heterocycles. The SMILES string of the molecule is O=[C]CCCC([C]=O)NC(=O)OC(Cl)(Cl)CCl. The first-order valence-electron chi connectivity index (χ1n) is 4.61. The molecule has 5 nitrogen and oxygen atoms in total. The molecule has 1 atom stereocenters. The molecular formula is C9H10Cl3NO4. The zero-order valence-electron chi connectivity index (χ0n) is 8.67. The number of rotatable bonds is 8. The van der Waals surface area contributed by atoms with Crippen molar-refractivity contribution in [2.24, 2.45) is 0 Å². The van der Waals surface area contributed by atoms with E-state index in [0.717, 1.165) is 0 Å². The Bertz CT molecular complexity index is 273. The molecule has 0 aliphatic carbocycles. The highest BCUT2D eigenvalue weighted by molar-refractivity contribution is 6.50. The highest BCUT2D eigenvalue weighted by Crippen LogP contribution is 2.24. The molecule has 0 aliphatic heterocycles. The second-order valence-corrected chi connectivity index (χ2v) is 4.69. The van der Waals surface area contributed by atoms with Crippen molar-refractivity contribution in [3.8, 4) is 0 Å². The second-order valence-electron chi connectivity index (χ2n) is 3.01. The summed E-state index contributed by atoms with van der Waals surface area (Å²) in [5, 5.41) is 2.17. The van der Waals surface area contributed by atoms with Crippen LogP contribution in [0.15, 0.2) is 0 Å². The number of halogens is 3. The van der Waals surface area contributed by atoms with E-state index in [1.807, 2.05) is 0 Å². The number of alkyl carbamates (subject to hydrolysis) is 1. The van der Waals surface area contributed by atoms with Crippen LogP contribution in [0.2, 0.25) is 0 Å². The van der Waals surface area contributed by atoms with E-state index in [9.17, 15) is 14.4 Å². The van der Waals surface area contributed by atoms with Crippen LogP contribution in [0.1, 0.15) is 19.3 Å². The van der Waals surface area contributed by atoms with Crippen LogP contribution in [0, 0.1) is 0 Å². The summed E-state index contributed by atoms with van der Waals surface area (Å²) in [7, 11) is 0. The Hall–Kier alpha value is -0.520. The molecule has 0 aromatic heterocycles. The normalized spacial score (nSPS) is 12.6. The van der Waals surface area contributed by atoms with Gasteiger partial charge in [0.25, 0.3) is 4.52 Å². The number of hydrogen-bond donors (Lipinski definition) is 1. The number of amides is 1. The van der Waals surface area contributed by atoms with Gasteiger partial charge in [-0.3, -0.25) is 9.59 Å². The van der Waals surface area contributed by atoms with Crippen LogP contribution in [0.3, 0.4) is 0 Å². The molecule has 0 saturated heterocycles. The number of carbonyl (C=O) groups is 1. The average molecular weight is 303 g/mol. The summed E-state index contributed by atoms with van der Waals surface area (Å²) in [6.45, 7) is 0. The minimum absolute atomic E-state index is 0.172. The smallest absolute Gasteiger partial charge is 0.410 e. The Labute approximate surface area is 114 Å². The van der Waals surface area contributed by atoms with E-state index < -0.39 is 16.7 Å². The van der Waals surface area contributed by atoms with Crippen LogP contribution in [0.5, 0.6) is 0 Å². The predicted molar refractivity (Wildman–Crippen MR) is 63.8 cm³/mol. The van der Waals surface area contributed by atoms with Crippen molar-refractivity contribution in [1.82, 2.24) is 5.32 Å². The van der Waals surface area contributed by atoms with Crippen LogP contribution in [-0.2, 0) is 14.3 Å².